The van der Waals surface area contributed by atoms with Gasteiger partial charge in [-0.15, -0.1) is 0 Å². The second kappa shape index (κ2) is 7.97. The highest BCUT2D eigenvalue weighted by Gasteiger charge is 2.24. The van der Waals surface area contributed by atoms with Gasteiger partial charge in [0, 0.05) is 32.2 Å². The molecule has 9 nitrogen and oxygen atoms in total. The molecule has 28 heavy (non-hydrogen) atoms. The van der Waals surface area contributed by atoms with Crippen LogP contribution < -0.4 is 9.47 Å². The molecule has 1 amide bonds. The Balaban J connectivity index is 1.66. The van der Waals surface area contributed by atoms with Gasteiger partial charge in [0.1, 0.15) is 12.4 Å². The maximum Gasteiger partial charge on any atom is 0.407 e. The highest BCUT2D eigenvalue weighted by molar-refractivity contribution is 7.90. The van der Waals surface area contributed by atoms with Crippen molar-refractivity contribution in [3.8, 4) is 17.5 Å². The molecule has 0 aliphatic carbocycles. The fourth-order valence-corrected chi connectivity index (χ4v) is 3.32. The minimum atomic E-state index is -3.53. The second-order valence-corrected chi connectivity index (χ2v) is 8.26. The number of piperidine rings is 1. The molecule has 1 aliphatic heterocycles. The molecule has 1 aromatic carbocycles. The fourth-order valence-electron chi connectivity index (χ4n) is 2.69. The largest absolute Gasteiger partial charge is 0.474 e. The molecule has 0 radical (unpaired) electrons. The molecule has 0 atom stereocenters. The van der Waals surface area contributed by atoms with Crippen molar-refractivity contribution in [3.63, 3.8) is 0 Å². The van der Waals surface area contributed by atoms with Crippen molar-refractivity contribution < 1.29 is 32.2 Å². The lowest BCUT2D eigenvalue weighted by Crippen LogP contribution is -2.41. The molecule has 0 bridgehead atoms. The van der Waals surface area contributed by atoms with E-state index in [1.807, 2.05) is 0 Å². The Morgan fingerprint density at radius 3 is 2.50 bits per heavy atom. The molecule has 2 aromatic rings. The molecule has 11 heteroatoms. The number of amides is 1. The van der Waals surface area contributed by atoms with Gasteiger partial charge in [-0.2, -0.15) is 0 Å². The Bertz CT molecular complexity index is 977. The molecular weight excluding hydrogens is 393 g/mol. The third-order valence-electron chi connectivity index (χ3n) is 4.16. The average molecular weight is 411 g/mol. The number of ether oxygens (including phenoxy) is 2. The summed E-state index contributed by atoms with van der Waals surface area (Å²) in [6.07, 6.45) is 2.06. The number of carboxylic acid groups (broad SMARTS) is 1. The number of sulfone groups is 1. The second-order valence-electron chi connectivity index (χ2n) is 6.25. The van der Waals surface area contributed by atoms with E-state index in [0.29, 0.717) is 25.9 Å². The number of benzene rings is 1. The predicted molar refractivity (Wildman–Crippen MR) is 94.9 cm³/mol. The van der Waals surface area contributed by atoms with Crippen molar-refractivity contribution in [1.29, 1.82) is 0 Å². The monoisotopic (exact) mass is 411 g/mol. The zero-order valence-corrected chi connectivity index (χ0v) is 15.7. The first kappa shape index (κ1) is 19.8. The van der Waals surface area contributed by atoms with Crippen LogP contribution in [-0.2, 0) is 9.84 Å². The SMILES string of the molecule is CS(=O)(=O)c1ccc(Oc2cc(OC3CCN(C(=O)O)CC3)ncn2)c(F)c1. The van der Waals surface area contributed by atoms with E-state index in [1.165, 1.54) is 29.4 Å². The summed E-state index contributed by atoms with van der Waals surface area (Å²) in [6, 6.07) is 4.70. The lowest BCUT2D eigenvalue weighted by molar-refractivity contribution is 0.0868. The number of nitrogens with zero attached hydrogens (tertiary/aromatic N) is 3. The number of likely N-dealkylation sites (tertiary alicyclic amines) is 1. The number of carbonyl (C=O) groups is 1. The maximum absolute atomic E-state index is 14.1. The molecule has 2 heterocycles. The van der Waals surface area contributed by atoms with E-state index in [9.17, 15) is 17.6 Å². The summed E-state index contributed by atoms with van der Waals surface area (Å²) >= 11 is 0. The summed E-state index contributed by atoms with van der Waals surface area (Å²) in [4.78, 5) is 20.0. The molecule has 1 aliphatic rings. The summed E-state index contributed by atoms with van der Waals surface area (Å²) < 4.78 is 48.2. The van der Waals surface area contributed by atoms with Crippen molar-refractivity contribution in [2.24, 2.45) is 0 Å². The highest BCUT2D eigenvalue weighted by atomic mass is 32.2. The van der Waals surface area contributed by atoms with Crippen molar-refractivity contribution in [2.75, 3.05) is 19.3 Å². The first-order valence-corrected chi connectivity index (χ1v) is 10.3. The van der Waals surface area contributed by atoms with E-state index in [-0.39, 0.29) is 28.5 Å². The van der Waals surface area contributed by atoms with Crippen LogP contribution in [0.2, 0.25) is 0 Å². The third-order valence-corrected chi connectivity index (χ3v) is 5.27. The third kappa shape index (κ3) is 4.85. The van der Waals surface area contributed by atoms with Gasteiger partial charge in [0.2, 0.25) is 11.8 Å². The van der Waals surface area contributed by atoms with Crippen LogP contribution in [0.15, 0.2) is 35.5 Å². The van der Waals surface area contributed by atoms with Gasteiger partial charge in [-0.05, 0) is 18.2 Å². The van der Waals surface area contributed by atoms with Gasteiger partial charge in [-0.3, -0.25) is 0 Å². The van der Waals surface area contributed by atoms with Crippen molar-refractivity contribution >= 4 is 15.9 Å². The summed E-state index contributed by atoms with van der Waals surface area (Å²) in [5.41, 5.74) is 0. The summed E-state index contributed by atoms with van der Waals surface area (Å²) in [7, 11) is -3.53. The summed E-state index contributed by atoms with van der Waals surface area (Å²) in [5, 5.41) is 8.96. The number of hydrogen-bond acceptors (Lipinski definition) is 7. The zero-order valence-electron chi connectivity index (χ0n) is 14.9. The maximum atomic E-state index is 14.1. The fraction of sp³-hybridized carbons (Fsp3) is 0.353. The number of hydrogen-bond donors (Lipinski definition) is 1. The first-order chi connectivity index (χ1) is 13.2. The Morgan fingerprint density at radius 2 is 1.89 bits per heavy atom. The zero-order chi connectivity index (χ0) is 20.3. The van der Waals surface area contributed by atoms with E-state index < -0.39 is 21.7 Å². The van der Waals surface area contributed by atoms with Crippen LogP contribution in [0.25, 0.3) is 0 Å². The number of aromatic nitrogens is 2. The predicted octanol–water partition coefficient (Wildman–Crippen LogP) is 2.33. The van der Waals surface area contributed by atoms with E-state index in [0.717, 1.165) is 12.3 Å². The molecule has 0 unspecified atom stereocenters. The van der Waals surface area contributed by atoms with Gasteiger partial charge in [0.25, 0.3) is 0 Å². The lowest BCUT2D eigenvalue weighted by Gasteiger charge is -2.29. The topological polar surface area (TPSA) is 119 Å². The van der Waals surface area contributed by atoms with Crippen LogP contribution in [0, 0.1) is 5.82 Å². The van der Waals surface area contributed by atoms with Crippen LogP contribution in [0.4, 0.5) is 9.18 Å². The van der Waals surface area contributed by atoms with Gasteiger partial charge >= 0.3 is 6.09 Å². The Labute approximate surface area is 160 Å². The van der Waals surface area contributed by atoms with Gasteiger partial charge in [-0.1, -0.05) is 0 Å². The Kier molecular flexibility index (Phi) is 5.63. The van der Waals surface area contributed by atoms with Crippen LogP contribution in [-0.4, -0.2) is 59.9 Å². The molecule has 0 saturated carbocycles. The Hall–Kier alpha value is -2.95. The molecule has 1 aromatic heterocycles. The van der Waals surface area contributed by atoms with Crippen LogP contribution >= 0.6 is 0 Å². The molecule has 0 spiro atoms. The summed E-state index contributed by atoms with van der Waals surface area (Å²) in [5.74, 6) is -0.789. The van der Waals surface area contributed by atoms with Crippen LogP contribution in [0.3, 0.4) is 0 Å². The van der Waals surface area contributed by atoms with E-state index in [2.05, 4.69) is 9.97 Å². The molecule has 3 rings (SSSR count). The van der Waals surface area contributed by atoms with Crippen molar-refractivity contribution in [2.45, 2.75) is 23.8 Å². The van der Waals surface area contributed by atoms with E-state index in [1.54, 1.807) is 0 Å². The van der Waals surface area contributed by atoms with Crippen LogP contribution in [0.1, 0.15) is 12.8 Å². The molecule has 1 fully saturated rings. The lowest BCUT2D eigenvalue weighted by atomic mass is 10.1. The molecular formula is C17H18FN3O6S. The van der Waals surface area contributed by atoms with Gasteiger partial charge in [0.15, 0.2) is 21.4 Å². The van der Waals surface area contributed by atoms with Crippen LogP contribution in [0.5, 0.6) is 17.5 Å². The molecule has 1 saturated heterocycles. The minimum absolute atomic E-state index is 0.0268. The first-order valence-electron chi connectivity index (χ1n) is 8.36. The number of halogens is 1. The summed E-state index contributed by atoms with van der Waals surface area (Å²) in [6.45, 7) is 0.735. The normalized spacial score (nSPS) is 15.3. The number of rotatable bonds is 5. The van der Waals surface area contributed by atoms with Gasteiger partial charge in [-0.25, -0.2) is 27.6 Å². The standard InChI is InChI=1S/C17H18FN3O6S/c1-28(24,25)12-2-3-14(13(18)8-12)27-16-9-15(19-10-20-16)26-11-4-6-21(7-5-11)17(22)23/h2-3,8-11H,4-7H2,1H3,(H,22,23). The Morgan fingerprint density at radius 1 is 1.21 bits per heavy atom. The van der Waals surface area contributed by atoms with Crippen molar-refractivity contribution in [3.05, 3.63) is 36.4 Å². The highest BCUT2D eigenvalue weighted by Crippen LogP contribution is 2.27. The average Bonchev–Trinajstić information content (AvgIpc) is 2.63. The van der Waals surface area contributed by atoms with Crippen molar-refractivity contribution in [1.82, 2.24) is 14.9 Å². The van der Waals surface area contributed by atoms with E-state index in [4.69, 9.17) is 14.6 Å². The van der Waals surface area contributed by atoms with E-state index >= 15 is 0 Å². The molecule has 1 N–H and O–H groups in total. The minimum Gasteiger partial charge on any atom is -0.474 e. The van der Waals surface area contributed by atoms with Gasteiger partial charge in [0.05, 0.1) is 11.0 Å². The molecule has 150 valence electrons. The quantitative estimate of drug-likeness (QED) is 0.796. The van der Waals surface area contributed by atoms with Gasteiger partial charge < -0.3 is 19.5 Å². The smallest absolute Gasteiger partial charge is 0.407 e.